The maximum Gasteiger partial charge on any atom is 0.228 e. The highest BCUT2D eigenvalue weighted by Gasteiger charge is 2.19. The first kappa shape index (κ1) is 13.5. The summed E-state index contributed by atoms with van der Waals surface area (Å²) in [5.41, 5.74) is 10.8. The summed E-state index contributed by atoms with van der Waals surface area (Å²) in [6, 6.07) is 14.4. The topological polar surface area (TPSA) is 67.1 Å². The molecule has 1 unspecified atom stereocenters. The smallest absolute Gasteiger partial charge is 0.228 e. The van der Waals surface area contributed by atoms with E-state index in [0.29, 0.717) is 12.1 Å². The Balaban J connectivity index is 1.73. The molecule has 0 saturated heterocycles. The summed E-state index contributed by atoms with van der Waals surface area (Å²) in [5.74, 6) is 0.0267. The van der Waals surface area contributed by atoms with Crippen LogP contribution in [0.2, 0.25) is 0 Å². The minimum atomic E-state index is 0.0267. The molecule has 0 bridgehead atoms. The SMILES string of the molecule is CC(Cc1ccccc1)Nc1cc2c(cc1N)CC(=O)N2. The molecule has 1 atom stereocenters. The third kappa shape index (κ3) is 2.99. The molecule has 0 aromatic heterocycles. The second-order valence-corrected chi connectivity index (χ2v) is 5.56. The van der Waals surface area contributed by atoms with Crippen LogP contribution in [0.4, 0.5) is 17.1 Å². The molecule has 0 saturated carbocycles. The van der Waals surface area contributed by atoms with E-state index >= 15 is 0 Å². The number of hydrogen-bond donors (Lipinski definition) is 3. The molecule has 2 aromatic rings. The lowest BCUT2D eigenvalue weighted by Crippen LogP contribution is -2.19. The molecule has 1 aliphatic rings. The average Bonchev–Trinajstić information content (AvgIpc) is 2.79. The van der Waals surface area contributed by atoms with Crippen molar-refractivity contribution in [1.82, 2.24) is 0 Å². The van der Waals surface area contributed by atoms with Crippen LogP contribution in [-0.4, -0.2) is 11.9 Å². The molecule has 0 spiro atoms. The molecular formula is C17H19N3O. The summed E-state index contributed by atoms with van der Waals surface area (Å²) in [7, 11) is 0. The highest BCUT2D eigenvalue weighted by Crippen LogP contribution is 2.31. The second kappa shape index (κ2) is 5.48. The summed E-state index contributed by atoms with van der Waals surface area (Å²) >= 11 is 0. The Morgan fingerprint density at radius 3 is 2.81 bits per heavy atom. The van der Waals surface area contributed by atoms with Gasteiger partial charge < -0.3 is 16.4 Å². The van der Waals surface area contributed by atoms with Crippen molar-refractivity contribution in [3.8, 4) is 0 Å². The number of nitrogen functional groups attached to an aromatic ring is 1. The van der Waals surface area contributed by atoms with Gasteiger partial charge in [-0.3, -0.25) is 4.79 Å². The number of hydrogen-bond acceptors (Lipinski definition) is 3. The normalized spacial score (nSPS) is 14.4. The minimum Gasteiger partial charge on any atom is -0.397 e. The molecule has 0 aliphatic carbocycles. The van der Waals surface area contributed by atoms with Gasteiger partial charge in [-0.05, 0) is 36.6 Å². The third-order valence-corrected chi connectivity index (χ3v) is 3.69. The Hall–Kier alpha value is -2.49. The number of nitrogens with one attached hydrogen (secondary N) is 2. The number of amides is 1. The van der Waals surface area contributed by atoms with Gasteiger partial charge in [-0.15, -0.1) is 0 Å². The van der Waals surface area contributed by atoms with E-state index in [9.17, 15) is 4.79 Å². The quantitative estimate of drug-likeness (QED) is 0.755. The number of carbonyl (C=O) groups is 1. The van der Waals surface area contributed by atoms with Gasteiger partial charge in [0, 0.05) is 11.7 Å². The lowest BCUT2D eigenvalue weighted by molar-refractivity contribution is -0.115. The van der Waals surface area contributed by atoms with E-state index in [0.717, 1.165) is 23.4 Å². The van der Waals surface area contributed by atoms with E-state index in [1.165, 1.54) is 5.56 Å². The largest absolute Gasteiger partial charge is 0.397 e. The van der Waals surface area contributed by atoms with Gasteiger partial charge in [0.05, 0.1) is 17.8 Å². The first-order chi connectivity index (χ1) is 10.1. The van der Waals surface area contributed by atoms with Gasteiger partial charge in [0.15, 0.2) is 0 Å². The zero-order chi connectivity index (χ0) is 14.8. The van der Waals surface area contributed by atoms with E-state index in [1.54, 1.807) is 0 Å². The molecule has 4 nitrogen and oxygen atoms in total. The zero-order valence-electron chi connectivity index (χ0n) is 12.0. The maximum absolute atomic E-state index is 11.4. The van der Waals surface area contributed by atoms with Crippen LogP contribution >= 0.6 is 0 Å². The fourth-order valence-corrected chi connectivity index (χ4v) is 2.70. The fraction of sp³-hybridized carbons (Fsp3) is 0.235. The number of fused-ring (bicyclic) bond motifs is 1. The summed E-state index contributed by atoms with van der Waals surface area (Å²) in [4.78, 5) is 11.4. The van der Waals surface area contributed by atoms with Crippen molar-refractivity contribution in [2.24, 2.45) is 0 Å². The highest BCUT2D eigenvalue weighted by molar-refractivity contribution is 6.00. The number of nitrogens with two attached hydrogens (primary N) is 1. The molecule has 1 aliphatic heterocycles. The lowest BCUT2D eigenvalue weighted by atomic mass is 10.1. The molecule has 3 rings (SSSR count). The van der Waals surface area contributed by atoms with Crippen molar-refractivity contribution in [2.75, 3.05) is 16.4 Å². The molecule has 108 valence electrons. The predicted octanol–water partition coefficient (Wildman–Crippen LogP) is 2.81. The second-order valence-electron chi connectivity index (χ2n) is 5.56. The van der Waals surface area contributed by atoms with Crippen LogP contribution in [0.5, 0.6) is 0 Å². The van der Waals surface area contributed by atoms with Crippen molar-refractivity contribution in [2.45, 2.75) is 25.8 Å². The molecule has 1 heterocycles. The van der Waals surface area contributed by atoms with Gasteiger partial charge in [0.1, 0.15) is 0 Å². The van der Waals surface area contributed by atoms with Crippen molar-refractivity contribution >= 4 is 23.0 Å². The predicted molar refractivity (Wildman–Crippen MR) is 86.4 cm³/mol. The van der Waals surface area contributed by atoms with Crippen LogP contribution in [0, 0.1) is 0 Å². The number of carbonyl (C=O) groups excluding carboxylic acids is 1. The van der Waals surface area contributed by atoms with Crippen molar-refractivity contribution in [3.05, 3.63) is 53.6 Å². The lowest BCUT2D eigenvalue weighted by Gasteiger charge is -2.18. The van der Waals surface area contributed by atoms with Gasteiger partial charge >= 0.3 is 0 Å². The Morgan fingerprint density at radius 2 is 2.05 bits per heavy atom. The van der Waals surface area contributed by atoms with E-state index < -0.39 is 0 Å². The van der Waals surface area contributed by atoms with Crippen LogP contribution < -0.4 is 16.4 Å². The standard InChI is InChI=1S/C17H19N3O/c1-11(7-12-5-3-2-4-6-12)19-16-10-15-13(8-14(16)18)9-17(21)20-15/h2-6,8,10-11,19H,7,9,18H2,1H3,(H,20,21). The summed E-state index contributed by atoms with van der Waals surface area (Å²) in [6.07, 6.45) is 1.34. The Labute approximate surface area is 124 Å². The van der Waals surface area contributed by atoms with Crippen LogP contribution in [0.25, 0.3) is 0 Å². The number of benzene rings is 2. The number of rotatable bonds is 4. The molecule has 4 heteroatoms. The molecular weight excluding hydrogens is 262 g/mol. The van der Waals surface area contributed by atoms with Crippen LogP contribution in [-0.2, 0) is 17.6 Å². The van der Waals surface area contributed by atoms with Gasteiger partial charge in [-0.25, -0.2) is 0 Å². The van der Waals surface area contributed by atoms with Gasteiger partial charge in [-0.2, -0.15) is 0 Å². The van der Waals surface area contributed by atoms with Crippen LogP contribution in [0.1, 0.15) is 18.1 Å². The first-order valence-electron chi connectivity index (χ1n) is 7.14. The van der Waals surface area contributed by atoms with Gasteiger partial charge in [-0.1, -0.05) is 30.3 Å². The maximum atomic E-state index is 11.4. The van der Waals surface area contributed by atoms with Crippen molar-refractivity contribution in [3.63, 3.8) is 0 Å². The number of anilines is 3. The van der Waals surface area contributed by atoms with Crippen molar-refractivity contribution < 1.29 is 4.79 Å². The molecule has 4 N–H and O–H groups in total. The molecule has 2 aromatic carbocycles. The molecule has 21 heavy (non-hydrogen) atoms. The fourth-order valence-electron chi connectivity index (χ4n) is 2.70. The summed E-state index contributed by atoms with van der Waals surface area (Å²) in [6.45, 7) is 2.12. The average molecular weight is 281 g/mol. The van der Waals surface area contributed by atoms with Gasteiger partial charge in [0.25, 0.3) is 0 Å². The minimum absolute atomic E-state index is 0.0267. The van der Waals surface area contributed by atoms with E-state index in [4.69, 9.17) is 5.73 Å². The molecule has 1 amide bonds. The van der Waals surface area contributed by atoms with E-state index in [2.05, 4.69) is 29.7 Å². The summed E-state index contributed by atoms with van der Waals surface area (Å²) in [5, 5.41) is 6.28. The molecule has 0 radical (unpaired) electrons. The highest BCUT2D eigenvalue weighted by atomic mass is 16.1. The third-order valence-electron chi connectivity index (χ3n) is 3.69. The van der Waals surface area contributed by atoms with E-state index in [-0.39, 0.29) is 11.9 Å². The molecule has 0 fully saturated rings. The van der Waals surface area contributed by atoms with Crippen LogP contribution in [0.3, 0.4) is 0 Å². The Bertz CT molecular complexity index is 667. The first-order valence-corrected chi connectivity index (χ1v) is 7.14. The van der Waals surface area contributed by atoms with Crippen molar-refractivity contribution in [1.29, 1.82) is 0 Å². The Kier molecular flexibility index (Phi) is 3.52. The van der Waals surface area contributed by atoms with E-state index in [1.807, 2.05) is 30.3 Å². The monoisotopic (exact) mass is 281 g/mol. The van der Waals surface area contributed by atoms with Crippen LogP contribution in [0.15, 0.2) is 42.5 Å². The summed E-state index contributed by atoms with van der Waals surface area (Å²) < 4.78 is 0. The van der Waals surface area contributed by atoms with Gasteiger partial charge in [0.2, 0.25) is 5.91 Å². The Morgan fingerprint density at radius 1 is 1.29 bits per heavy atom. The zero-order valence-corrected chi connectivity index (χ0v) is 12.0.